The number of rotatable bonds is 44. The van der Waals surface area contributed by atoms with Gasteiger partial charge < -0.3 is 54.4 Å². The van der Waals surface area contributed by atoms with Crippen molar-refractivity contribution in [3.8, 4) is 0 Å². The van der Waals surface area contributed by atoms with E-state index >= 15 is 0 Å². The van der Waals surface area contributed by atoms with Crippen LogP contribution in [0.25, 0.3) is 0 Å². The molecule has 0 saturated carbocycles. The van der Waals surface area contributed by atoms with Gasteiger partial charge in [0.1, 0.15) is 0 Å². The Hall–Kier alpha value is -2.69. The highest BCUT2D eigenvalue weighted by molar-refractivity contribution is 8.00. The molecule has 0 fully saturated rings. The Morgan fingerprint density at radius 3 is 1.38 bits per heavy atom. The van der Waals surface area contributed by atoms with E-state index in [-0.39, 0.29) is 29.6 Å². The smallest absolute Gasteiger partial charge is 0.223 e. The lowest BCUT2D eigenvalue weighted by Crippen LogP contribution is -2.37. The first-order valence-electron chi connectivity index (χ1n) is 22.9. The molecule has 0 spiro atoms. The SMILES string of the molecule is C=CCN(CCNC(=C)N)C(=O)CCSCCCSCCCN(CCN=C(N)N)C(=O)CCSCc1ccc(CSCCCN(CCN=C(N)N)C(=O)CCSCCCSCCCN)cc1. The van der Waals surface area contributed by atoms with Crippen molar-refractivity contribution in [2.45, 2.75) is 62.9 Å². The van der Waals surface area contributed by atoms with Crippen LogP contribution in [0.1, 0.15) is 62.5 Å². The number of carbonyl (C=O) groups excluding carboxylic acids is 3. The monoisotopic (exact) mass is 1030 g/mol. The number of guanidine groups is 2. The van der Waals surface area contributed by atoms with Crippen LogP contribution in [0, 0.1) is 0 Å². The van der Waals surface area contributed by atoms with E-state index in [9.17, 15) is 14.4 Å². The molecule has 15 nitrogen and oxygen atoms in total. The zero-order valence-electron chi connectivity index (χ0n) is 39.4. The molecule has 0 atom stereocenters. The van der Waals surface area contributed by atoms with Crippen molar-refractivity contribution in [2.75, 3.05) is 123 Å². The summed E-state index contributed by atoms with van der Waals surface area (Å²) in [6.45, 7) is 13.0. The number of nitrogens with zero attached hydrogens (tertiary/aromatic N) is 5. The summed E-state index contributed by atoms with van der Waals surface area (Å²) in [6.07, 6.45) is 8.32. The second kappa shape index (κ2) is 42.4. The third kappa shape index (κ3) is 35.5. The minimum Gasteiger partial charge on any atom is -0.386 e. The van der Waals surface area contributed by atoms with E-state index in [0.29, 0.717) is 84.0 Å². The highest BCUT2D eigenvalue weighted by Gasteiger charge is 2.15. The highest BCUT2D eigenvalue weighted by atomic mass is 32.2. The number of amides is 3. The third-order valence-corrected chi connectivity index (χ3v) is 16.1. The number of benzene rings is 1. The third-order valence-electron chi connectivity index (χ3n) is 9.49. The number of thioether (sulfide) groups is 6. The Morgan fingerprint density at radius 2 is 0.939 bits per heavy atom. The molecule has 1 aromatic carbocycles. The van der Waals surface area contributed by atoms with Crippen molar-refractivity contribution in [2.24, 2.45) is 44.4 Å². The van der Waals surface area contributed by atoms with Crippen molar-refractivity contribution < 1.29 is 14.4 Å². The zero-order chi connectivity index (χ0) is 48.5. The Bertz CT molecular complexity index is 1520. The first-order valence-corrected chi connectivity index (χ1v) is 29.9. The van der Waals surface area contributed by atoms with Crippen LogP contribution in [0.5, 0.6) is 0 Å². The van der Waals surface area contributed by atoms with Gasteiger partial charge in [0.05, 0.1) is 18.9 Å². The second-order valence-electron chi connectivity index (χ2n) is 15.1. The molecule has 0 bridgehead atoms. The molecule has 0 saturated heterocycles. The zero-order valence-corrected chi connectivity index (χ0v) is 44.3. The number of hydrogen-bond acceptors (Lipinski definition) is 14. The minimum atomic E-state index is 0.0315. The van der Waals surface area contributed by atoms with Gasteiger partial charge >= 0.3 is 0 Å². The lowest BCUT2D eigenvalue weighted by molar-refractivity contribution is -0.131. The molecule has 0 radical (unpaired) electrons. The largest absolute Gasteiger partial charge is 0.386 e. The van der Waals surface area contributed by atoms with Crippen LogP contribution in [0.4, 0.5) is 0 Å². The fraction of sp³-hybridized carbons (Fsp3) is 0.667. The summed E-state index contributed by atoms with van der Waals surface area (Å²) < 4.78 is 0. The predicted molar refractivity (Wildman–Crippen MR) is 297 cm³/mol. The molecule has 376 valence electrons. The van der Waals surface area contributed by atoms with Crippen LogP contribution in [0.15, 0.2) is 59.3 Å². The van der Waals surface area contributed by atoms with Crippen molar-refractivity contribution in [1.29, 1.82) is 0 Å². The average Bonchev–Trinajstić information content (AvgIpc) is 3.28. The molecular formula is C45H82N12O3S6. The first kappa shape index (κ1) is 61.3. The summed E-state index contributed by atoms with van der Waals surface area (Å²) in [6, 6.07) is 8.72. The summed E-state index contributed by atoms with van der Waals surface area (Å²) in [5.74, 6) is 12.3. The number of aliphatic imine (C=N–C) groups is 2. The quantitative estimate of drug-likeness (QED) is 0.0207. The van der Waals surface area contributed by atoms with Crippen LogP contribution in [-0.2, 0) is 25.9 Å². The predicted octanol–water partition coefficient (Wildman–Crippen LogP) is 4.40. The molecule has 3 amide bonds. The van der Waals surface area contributed by atoms with E-state index in [0.717, 1.165) is 108 Å². The second-order valence-corrected chi connectivity index (χ2v) is 22.2. The molecular weight excluding hydrogens is 949 g/mol. The van der Waals surface area contributed by atoms with E-state index in [1.54, 1.807) is 34.5 Å². The van der Waals surface area contributed by atoms with E-state index < -0.39 is 0 Å². The topological polar surface area (TPSA) is 254 Å². The maximum Gasteiger partial charge on any atom is 0.223 e. The first-order chi connectivity index (χ1) is 32.0. The minimum absolute atomic E-state index is 0.0315. The van der Waals surface area contributed by atoms with E-state index in [2.05, 4.69) is 52.7 Å². The molecule has 0 aliphatic carbocycles. The summed E-state index contributed by atoms with van der Waals surface area (Å²) in [5, 5.41) is 2.96. The molecule has 13 N–H and O–H groups in total. The molecule has 21 heteroatoms. The molecule has 0 heterocycles. The summed E-state index contributed by atoms with van der Waals surface area (Å²) >= 11 is 11.1. The van der Waals surface area contributed by atoms with Gasteiger partial charge in [-0.2, -0.15) is 70.6 Å². The van der Waals surface area contributed by atoms with Gasteiger partial charge in [0, 0.05) is 93.8 Å². The van der Waals surface area contributed by atoms with Crippen LogP contribution < -0.4 is 39.7 Å². The van der Waals surface area contributed by atoms with Gasteiger partial charge in [0.2, 0.25) is 17.7 Å². The average molecular weight is 1030 g/mol. The Kier molecular flexibility index (Phi) is 39.4. The van der Waals surface area contributed by atoms with Gasteiger partial charge in [-0.25, -0.2) is 0 Å². The summed E-state index contributed by atoms with van der Waals surface area (Å²) in [7, 11) is 0. The molecule has 0 aliphatic rings. The van der Waals surface area contributed by atoms with Crippen molar-refractivity contribution in [1.82, 2.24) is 20.0 Å². The highest BCUT2D eigenvalue weighted by Crippen LogP contribution is 2.19. The summed E-state index contributed by atoms with van der Waals surface area (Å²) in [5.41, 5.74) is 35.8. The standard InChI is InChI=1S/C45H82N12O3S6/c1-3-20-55(23-17-52-38(2)47)41(58)13-33-63-32-8-30-62-27-5-21-56(24-18-53-44(48)49)43(60)15-35-66-37-40-11-9-39(10-12-40)36-65-28-6-22-57(25-19-54-45(50)51)42(59)14-34-64-31-7-29-61-26-4-16-46/h3,9-12,52H,1-2,4-8,13-37,46-47H2,(H4,48,49,53)(H4,50,51,54). The van der Waals surface area contributed by atoms with Crippen LogP contribution in [-0.4, -0.2) is 167 Å². The lowest BCUT2D eigenvalue weighted by atomic mass is 10.2. The Morgan fingerprint density at radius 1 is 0.545 bits per heavy atom. The molecule has 0 aliphatic heterocycles. The summed E-state index contributed by atoms with van der Waals surface area (Å²) in [4.78, 5) is 52.7. The van der Waals surface area contributed by atoms with E-state index in [1.165, 1.54) is 11.1 Å². The number of carbonyl (C=O) groups is 3. The van der Waals surface area contributed by atoms with Gasteiger partial charge in [0.15, 0.2) is 11.9 Å². The van der Waals surface area contributed by atoms with Crippen molar-refractivity contribution >= 4 is 100 Å². The molecule has 0 aromatic heterocycles. The number of nitrogens with one attached hydrogen (secondary N) is 1. The molecule has 0 unspecified atom stereocenters. The van der Waals surface area contributed by atoms with Crippen LogP contribution in [0.2, 0.25) is 0 Å². The fourth-order valence-electron chi connectivity index (χ4n) is 6.05. The van der Waals surface area contributed by atoms with Crippen molar-refractivity contribution in [3.63, 3.8) is 0 Å². The van der Waals surface area contributed by atoms with Gasteiger partial charge in [0.25, 0.3) is 0 Å². The van der Waals surface area contributed by atoms with Gasteiger partial charge in [-0.15, -0.1) is 6.58 Å². The molecule has 1 aromatic rings. The molecule has 66 heavy (non-hydrogen) atoms. The Balaban J connectivity index is 2.35. The maximum atomic E-state index is 13.2. The van der Waals surface area contributed by atoms with Crippen LogP contribution >= 0.6 is 70.6 Å². The van der Waals surface area contributed by atoms with Gasteiger partial charge in [-0.05, 0) is 90.0 Å². The Labute approximate surface area is 422 Å². The van der Waals surface area contributed by atoms with Crippen LogP contribution in [0.3, 0.4) is 0 Å². The molecule has 1 rings (SSSR count). The number of hydrogen-bond donors (Lipinski definition) is 7. The maximum absolute atomic E-state index is 13.2. The van der Waals surface area contributed by atoms with Gasteiger partial charge in [-0.1, -0.05) is 36.9 Å². The normalized spacial score (nSPS) is 10.9. The van der Waals surface area contributed by atoms with E-state index in [4.69, 9.17) is 34.4 Å². The van der Waals surface area contributed by atoms with Gasteiger partial charge in [-0.3, -0.25) is 24.4 Å². The van der Waals surface area contributed by atoms with E-state index in [1.807, 2.05) is 56.8 Å². The number of nitrogens with two attached hydrogens (primary N) is 6. The van der Waals surface area contributed by atoms with Crippen molar-refractivity contribution in [3.05, 3.63) is 60.4 Å². The lowest BCUT2D eigenvalue weighted by Gasteiger charge is -2.22. The fourth-order valence-corrected chi connectivity index (χ4v) is 11.8.